The predicted octanol–water partition coefficient (Wildman–Crippen LogP) is 5.91. The summed E-state index contributed by atoms with van der Waals surface area (Å²) in [6.07, 6.45) is 5.04. The van der Waals surface area contributed by atoms with Crippen molar-refractivity contribution in [1.82, 2.24) is 0 Å². The highest BCUT2D eigenvalue weighted by molar-refractivity contribution is 6.01. The van der Waals surface area contributed by atoms with Gasteiger partial charge in [-0.05, 0) is 69.6 Å². The van der Waals surface area contributed by atoms with Gasteiger partial charge in [0, 0.05) is 29.7 Å². The van der Waals surface area contributed by atoms with Crippen molar-refractivity contribution in [2.75, 3.05) is 0 Å². The fourth-order valence-electron chi connectivity index (χ4n) is 9.45. The fourth-order valence-corrected chi connectivity index (χ4v) is 9.45. The first kappa shape index (κ1) is 30.4. The van der Waals surface area contributed by atoms with Crippen molar-refractivity contribution in [3.05, 3.63) is 28.6 Å². The second-order valence-electron chi connectivity index (χ2n) is 14.2. The molecule has 0 aliphatic heterocycles. The Morgan fingerprint density at radius 2 is 1.95 bits per heavy atom. The number of aliphatic imine (C=N–C) groups is 1. The van der Waals surface area contributed by atoms with Gasteiger partial charge in [0.1, 0.15) is 5.78 Å². The number of carbonyl (C=O) groups excluding carboxylic acids is 2. The second-order valence-corrected chi connectivity index (χ2v) is 14.2. The molecular weight excluding hydrogens is 504 g/mol. The van der Waals surface area contributed by atoms with Gasteiger partial charge in [0.05, 0.1) is 35.3 Å². The zero-order valence-corrected chi connectivity index (χ0v) is 25.1. The Balaban J connectivity index is 1.79. The molecular formula is C33H47N2O5+. The van der Waals surface area contributed by atoms with Crippen molar-refractivity contribution in [3.63, 3.8) is 0 Å². The van der Waals surface area contributed by atoms with E-state index >= 15 is 0 Å². The molecule has 0 radical (unpaired) electrons. The van der Waals surface area contributed by atoms with Gasteiger partial charge < -0.3 is 10.2 Å². The molecule has 0 spiro atoms. The van der Waals surface area contributed by atoms with Crippen LogP contribution in [0.15, 0.2) is 28.8 Å². The molecule has 0 saturated heterocycles. The average Bonchev–Trinajstić information content (AvgIpc) is 3.19. The van der Waals surface area contributed by atoms with Gasteiger partial charge in [0.15, 0.2) is 5.78 Å². The van der Waals surface area contributed by atoms with Gasteiger partial charge in [0.25, 0.3) is 6.57 Å². The zero-order chi connectivity index (χ0) is 30.1. The van der Waals surface area contributed by atoms with E-state index in [2.05, 4.69) is 25.1 Å². The summed E-state index contributed by atoms with van der Waals surface area (Å²) in [6.45, 7) is 25.9. The van der Waals surface area contributed by atoms with E-state index in [1.54, 1.807) is 6.92 Å². The standard InChI is InChI=1S/C33H46N2O5/c1-10-21(11-14-29(4,5)20(3)28(39)40)32(34-8)16-12-22-26-24(37)18-33(35-9)19(2)23(36)13-15-30(33,6)27(26)25(38)17-31(22,32)7/h9-10,19-22,24,37H,1,8,11-18H2,2-7H3/p+1/t19-,20?,21-,22+,24?,30-,31+,32+,33-/m1/s1. The molecule has 2 N–H and O–H groups in total. The number of aliphatic hydroxyl groups is 1. The summed E-state index contributed by atoms with van der Waals surface area (Å²) in [5.74, 6) is -1.98. The predicted molar refractivity (Wildman–Crippen MR) is 156 cm³/mol. The summed E-state index contributed by atoms with van der Waals surface area (Å²) in [5, 5.41) is 21.4. The maximum absolute atomic E-state index is 14.3. The number of rotatable bonds is 8. The molecule has 2 saturated carbocycles. The summed E-state index contributed by atoms with van der Waals surface area (Å²) in [7, 11) is 0. The average molecular weight is 552 g/mol. The van der Waals surface area contributed by atoms with Crippen LogP contribution in [0.1, 0.15) is 92.9 Å². The Hall–Kier alpha value is -2.59. The number of Topliss-reactive ketones (excluding diaryl/α,β-unsaturated/α-hetero) is 2. The van der Waals surface area contributed by atoms with Crippen LogP contribution in [0.5, 0.6) is 0 Å². The molecule has 2 fully saturated rings. The van der Waals surface area contributed by atoms with Crippen LogP contribution in [-0.4, -0.2) is 51.6 Å². The van der Waals surface area contributed by atoms with E-state index < -0.39 is 51.2 Å². The summed E-state index contributed by atoms with van der Waals surface area (Å²) in [4.78, 5) is 48.0. The molecule has 9 atom stereocenters. The number of carboxylic acids is 1. The summed E-state index contributed by atoms with van der Waals surface area (Å²) in [5.41, 5.74) is -2.05. The van der Waals surface area contributed by atoms with Crippen LogP contribution in [0.25, 0.3) is 4.85 Å². The number of hydrogen-bond acceptors (Lipinski definition) is 5. The van der Waals surface area contributed by atoms with Crippen LogP contribution in [-0.2, 0) is 14.4 Å². The largest absolute Gasteiger partial charge is 0.481 e. The van der Waals surface area contributed by atoms with Gasteiger partial charge in [-0.2, -0.15) is 0 Å². The molecule has 4 aliphatic carbocycles. The number of aliphatic carboxylic acids is 1. The van der Waals surface area contributed by atoms with Gasteiger partial charge in [-0.25, -0.2) is 0 Å². The minimum atomic E-state index is -1.02. The molecule has 7 heteroatoms. The Kier molecular flexibility index (Phi) is 7.41. The Morgan fingerprint density at radius 1 is 1.30 bits per heavy atom. The molecule has 2 unspecified atom stereocenters. The minimum absolute atomic E-state index is 0.0258. The van der Waals surface area contributed by atoms with Crippen molar-refractivity contribution in [2.24, 2.45) is 44.9 Å². The molecule has 0 bridgehead atoms. The molecule has 0 aromatic carbocycles. The van der Waals surface area contributed by atoms with E-state index in [1.807, 2.05) is 33.8 Å². The van der Waals surface area contributed by atoms with Crippen LogP contribution in [0.2, 0.25) is 0 Å². The van der Waals surface area contributed by atoms with Crippen LogP contribution in [0.3, 0.4) is 0 Å². The molecule has 40 heavy (non-hydrogen) atoms. The fraction of sp³-hybridized carbons (Fsp3) is 0.727. The number of aliphatic hydroxyl groups excluding tert-OH is 1. The van der Waals surface area contributed by atoms with Gasteiger partial charge in [-0.3, -0.25) is 19.4 Å². The lowest BCUT2D eigenvalue weighted by Gasteiger charge is -2.56. The highest BCUT2D eigenvalue weighted by Gasteiger charge is 2.74. The van der Waals surface area contributed by atoms with Crippen molar-refractivity contribution in [1.29, 1.82) is 0 Å². The van der Waals surface area contributed by atoms with Crippen molar-refractivity contribution < 1.29 is 24.6 Å². The first-order valence-corrected chi connectivity index (χ1v) is 14.8. The third-order valence-corrected chi connectivity index (χ3v) is 12.5. The van der Waals surface area contributed by atoms with Gasteiger partial charge >= 0.3 is 11.5 Å². The minimum Gasteiger partial charge on any atom is -0.481 e. The lowest BCUT2D eigenvalue weighted by molar-refractivity contribution is -0.145. The number of carboxylic acid groups (broad SMARTS) is 1. The number of carbonyl (C=O) groups is 3. The summed E-state index contributed by atoms with van der Waals surface area (Å²) in [6, 6.07) is 0. The molecule has 7 nitrogen and oxygen atoms in total. The number of hydrogen-bond donors (Lipinski definition) is 2. The van der Waals surface area contributed by atoms with E-state index in [9.17, 15) is 24.6 Å². The quantitative estimate of drug-likeness (QED) is 0.288. The highest BCUT2D eigenvalue weighted by Crippen LogP contribution is 2.69. The Labute approximate surface area is 239 Å². The van der Waals surface area contributed by atoms with Crippen molar-refractivity contribution in [2.45, 2.75) is 110 Å². The summed E-state index contributed by atoms with van der Waals surface area (Å²) < 4.78 is 0. The molecule has 4 aliphatic rings. The van der Waals surface area contributed by atoms with Gasteiger partial charge in [-0.15, -0.1) is 6.58 Å². The van der Waals surface area contributed by atoms with Crippen LogP contribution < -0.4 is 0 Å². The van der Waals surface area contributed by atoms with Gasteiger partial charge in [-0.1, -0.05) is 38.6 Å². The van der Waals surface area contributed by atoms with E-state index in [-0.39, 0.29) is 36.2 Å². The smallest absolute Gasteiger partial charge is 0.306 e. The highest BCUT2D eigenvalue weighted by atomic mass is 16.4. The first-order chi connectivity index (χ1) is 18.5. The third-order valence-electron chi connectivity index (χ3n) is 12.5. The van der Waals surface area contributed by atoms with E-state index in [4.69, 9.17) is 11.6 Å². The monoisotopic (exact) mass is 551 g/mol. The third kappa shape index (κ3) is 3.77. The lowest BCUT2D eigenvalue weighted by Crippen LogP contribution is -2.64. The SMILES string of the molecule is C#[N+][C@@]12CC(O)C3=C(C(=O)C[C@@]4(C)[C@H]3CC[C@]4(N=C)[C@H](C=C)CCC(C)(C)C(C)C(=O)O)[C@@]1(C)CCC(=O)[C@H]2C. The Morgan fingerprint density at radius 3 is 2.50 bits per heavy atom. The second kappa shape index (κ2) is 9.76. The normalized spacial score (nSPS) is 40.8. The van der Waals surface area contributed by atoms with Gasteiger partial charge in [0.2, 0.25) is 0 Å². The topological polar surface area (TPSA) is 108 Å². The number of ketones is 2. The molecule has 218 valence electrons. The number of fused-ring (bicyclic) bond motifs is 4. The van der Waals surface area contributed by atoms with Crippen LogP contribution in [0.4, 0.5) is 0 Å². The zero-order valence-electron chi connectivity index (χ0n) is 25.1. The molecule has 4 rings (SSSR count). The van der Waals surface area contributed by atoms with E-state index in [0.717, 1.165) is 12.0 Å². The van der Waals surface area contributed by atoms with E-state index in [0.29, 0.717) is 37.7 Å². The van der Waals surface area contributed by atoms with E-state index in [1.165, 1.54) is 0 Å². The van der Waals surface area contributed by atoms with Crippen LogP contribution >= 0.6 is 0 Å². The maximum Gasteiger partial charge on any atom is 0.306 e. The molecule has 0 heterocycles. The molecule has 0 amide bonds. The number of nitrogens with zero attached hydrogens (tertiary/aromatic N) is 2. The first-order valence-electron chi connectivity index (χ1n) is 14.8. The molecule has 0 aromatic heterocycles. The maximum atomic E-state index is 14.3. The van der Waals surface area contributed by atoms with Crippen molar-refractivity contribution >= 4 is 24.3 Å². The van der Waals surface area contributed by atoms with Crippen LogP contribution in [0, 0.1) is 46.5 Å². The summed E-state index contributed by atoms with van der Waals surface area (Å²) >= 11 is 0. The Bertz CT molecular complexity index is 1230. The van der Waals surface area contributed by atoms with Crippen molar-refractivity contribution in [3.8, 4) is 6.57 Å². The molecule has 0 aromatic rings. The lowest BCUT2D eigenvalue weighted by atomic mass is 9.44.